The van der Waals surface area contributed by atoms with Crippen LogP contribution in [0.25, 0.3) is 0 Å². The topological polar surface area (TPSA) is 59.1 Å². The number of carbonyl (C=O) groups excluding carboxylic acids is 2. The number of hydrogen-bond acceptors (Lipinski definition) is 4. The summed E-state index contributed by atoms with van der Waals surface area (Å²) >= 11 is 3.41. The van der Waals surface area contributed by atoms with Crippen molar-refractivity contribution in [2.45, 2.75) is 32.5 Å². The van der Waals surface area contributed by atoms with Gasteiger partial charge in [-0.2, -0.15) is 0 Å². The first-order valence-electron chi connectivity index (χ1n) is 8.24. The van der Waals surface area contributed by atoms with Gasteiger partial charge in [0.1, 0.15) is 18.2 Å². The van der Waals surface area contributed by atoms with Gasteiger partial charge < -0.3 is 19.3 Å². The molecule has 1 saturated heterocycles. The van der Waals surface area contributed by atoms with Crippen molar-refractivity contribution in [3.05, 3.63) is 34.3 Å². The zero-order chi connectivity index (χ0) is 18.6. The highest BCUT2D eigenvalue weighted by Gasteiger charge is 2.28. The second-order valence-corrected chi connectivity index (χ2v) is 8.00. The molecule has 0 saturated carbocycles. The average molecular weight is 413 g/mol. The van der Waals surface area contributed by atoms with Crippen molar-refractivity contribution < 1.29 is 19.1 Å². The maximum Gasteiger partial charge on any atom is 0.410 e. The number of nitrogens with zero attached hydrogens (tertiary/aromatic N) is 2. The fourth-order valence-corrected chi connectivity index (χ4v) is 2.73. The van der Waals surface area contributed by atoms with Crippen LogP contribution in [0.1, 0.15) is 32.4 Å². The van der Waals surface area contributed by atoms with Crippen molar-refractivity contribution in [2.24, 2.45) is 0 Å². The molecule has 1 aliphatic rings. The van der Waals surface area contributed by atoms with Crippen LogP contribution in [0, 0.1) is 0 Å². The Kier molecular flexibility index (Phi) is 6.46. The smallest absolute Gasteiger partial charge is 0.410 e. The van der Waals surface area contributed by atoms with E-state index in [1.807, 2.05) is 24.3 Å². The molecular formula is C18H25BrN2O4. The summed E-state index contributed by atoms with van der Waals surface area (Å²) < 4.78 is 12.1. The molecule has 0 aromatic heterocycles. The number of benzene rings is 1. The molecule has 1 unspecified atom stereocenters. The zero-order valence-corrected chi connectivity index (χ0v) is 16.7. The first-order chi connectivity index (χ1) is 11.7. The molecule has 1 aromatic rings. The van der Waals surface area contributed by atoms with Crippen LogP contribution in [0.4, 0.5) is 4.79 Å². The van der Waals surface area contributed by atoms with Gasteiger partial charge in [0.15, 0.2) is 0 Å². The van der Waals surface area contributed by atoms with Gasteiger partial charge in [-0.15, -0.1) is 0 Å². The van der Waals surface area contributed by atoms with Crippen LogP contribution in [-0.4, -0.2) is 60.7 Å². The molecular weight excluding hydrogens is 388 g/mol. The lowest BCUT2D eigenvalue weighted by atomic mass is 10.1. The van der Waals surface area contributed by atoms with E-state index in [4.69, 9.17) is 9.47 Å². The molecule has 2 rings (SSSR count). The molecule has 1 aliphatic heterocycles. The molecule has 0 spiro atoms. The minimum atomic E-state index is -0.583. The molecule has 0 N–H and O–H groups in total. The standard InChI is InChI=1S/C18H25BrN2O4/c1-18(2,3)25-17(23)20(4)12-16(22)21-9-10-24-15(11-21)13-5-7-14(19)8-6-13/h5-8,15H,9-12H2,1-4H3. The summed E-state index contributed by atoms with van der Waals surface area (Å²) in [4.78, 5) is 27.6. The fourth-order valence-electron chi connectivity index (χ4n) is 2.46. The van der Waals surface area contributed by atoms with Gasteiger partial charge in [0, 0.05) is 18.1 Å². The van der Waals surface area contributed by atoms with Gasteiger partial charge in [-0.1, -0.05) is 28.1 Å². The van der Waals surface area contributed by atoms with Gasteiger partial charge in [0.05, 0.1) is 13.2 Å². The highest BCUT2D eigenvalue weighted by Crippen LogP contribution is 2.24. The van der Waals surface area contributed by atoms with Gasteiger partial charge in [-0.25, -0.2) is 4.79 Å². The third-order valence-electron chi connectivity index (χ3n) is 3.74. The van der Waals surface area contributed by atoms with Crippen LogP contribution >= 0.6 is 15.9 Å². The molecule has 1 fully saturated rings. The third-order valence-corrected chi connectivity index (χ3v) is 4.27. The van der Waals surface area contributed by atoms with Crippen molar-refractivity contribution >= 4 is 27.9 Å². The Bertz CT molecular complexity index is 612. The summed E-state index contributed by atoms with van der Waals surface area (Å²) in [6.45, 7) is 6.85. The predicted molar refractivity (Wildman–Crippen MR) is 98.3 cm³/mol. The molecule has 7 heteroatoms. The Labute approximate surface area is 157 Å². The van der Waals surface area contributed by atoms with E-state index < -0.39 is 11.7 Å². The van der Waals surface area contributed by atoms with Gasteiger partial charge in [-0.3, -0.25) is 4.79 Å². The number of rotatable bonds is 3. The summed E-state index contributed by atoms with van der Waals surface area (Å²) in [5.74, 6) is -0.112. The SMILES string of the molecule is CN(CC(=O)N1CCOC(c2ccc(Br)cc2)C1)C(=O)OC(C)(C)C. The van der Waals surface area contributed by atoms with E-state index in [0.29, 0.717) is 19.7 Å². The predicted octanol–water partition coefficient (Wildman–Crippen LogP) is 3.22. The maximum absolute atomic E-state index is 12.5. The summed E-state index contributed by atoms with van der Waals surface area (Å²) in [6.07, 6.45) is -0.656. The molecule has 0 aliphatic carbocycles. The number of halogens is 1. The van der Waals surface area contributed by atoms with Gasteiger partial charge >= 0.3 is 6.09 Å². The average Bonchev–Trinajstić information content (AvgIpc) is 2.54. The van der Waals surface area contributed by atoms with Crippen LogP contribution in [0.3, 0.4) is 0 Å². The minimum Gasteiger partial charge on any atom is -0.444 e. The lowest BCUT2D eigenvalue weighted by molar-refractivity contribution is -0.139. The molecule has 0 radical (unpaired) electrons. The Morgan fingerprint density at radius 1 is 1.32 bits per heavy atom. The number of morpholine rings is 1. The van der Waals surface area contributed by atoms with Gasteiger partial charge in [0.2, 0.25) is 5.91 Å². The number of amides is 2. The third kappa shape index (κ3) is 6.01. The monoisotopic (exact) mass is 412 g/mol. The first-order valence-corrected chi connectivity index (χ1v) is 9.04. The Hall–Kier alpha value is -1.60. The van der Waals surface area contributed by atoms with Crippen LogP contribution in [0.2, 0.25) is 0 Å². The van der Waals surface area contributed by atoms with Crippen molar-refractivity contribution in [1.82, 2.24) is 9.80 Å². The summed E-state index contributed by atoms with van der Waals surface area (Å²) in [6, 6.07) is 7.87. The van der Waals surface area contributed by atoms with Crippen molar-refractivity contribution in [3.8, 4) is 0 Å². The van der Waals surface area contributed by atoms with E-state index in [0.717, 1.165) is 10.0 Å². The Morgan fingerprint density at radius 3 is 2.56 bits per heavy atom. The lowest BCUT2D eigenvalue weighted by Crippen LogP contribution is -2.47. The molecule has 6 nitrogen and oxygen atoms in total. The van der Waals surface area contributed by atoms with Crippen molar-refractivity contribution in [1.29, 1.82) is 0 Å². The first kappa shape index (κ1) is 19.7. The molecule has 0 bridgehead atoms. The number of hydrogen-bond donors (Lipinski definition) is 0. The highest BCUT2D eigenvalue weighted by molar-refractivity contribution is 9.10. The Balaban J connectivity index is 1.93. The van der Waals surface area contributed by atoms with Crippen LogP contribution in [0.15, 0.2) is 28.7 Å². The van der Waals surface area contributed by atoms with Crippen LogP contribution in [0.5, 0.6) is 0 Å². The summed E-state index contributed by atoms with van der Waals surface area (Å²) in [5.41, 5.74) is 0.446. The molecule has 1 heterocycles. The Morgan fingerprint density at radius 2 is 1.96 bits per heavy atom. The van der Waals surface area contributed by atoms with Crippen molar-refractivity contribution in [3.63, 3.8) is 0 Å². The van der Waals surface area contributed by atoms with Gasteiger partial charge in [0.25, 0.3) is 0 Å². The fraction of sp³-hybridized carbons (Fsp3) is 0.556. The number of carbonyl (C=O) groups is 2. The minimum absolute atomic E-state index is 0.0119. The quantitative estimate of drug-likeness (QED) is 0.764. The van der Waals surface area contributed by atoms with Crippen molar-refractivity contribution in [2.75, 3.05) is 33.3 Å². The van der Waals surface area contributed by atoms with Crippen LogP contribution in [-0.2, 0) is 14.3 Å². The lowest BCUT2D eigenvalue weighted by Gasteiger charge is -2.34. The van der Waals surface area contributed by atoms with Crippen LogP contribution < -0.4 is 0 Å². The summed E-state index contributed by atoms with van der Waals surface area (Å²) in [5, 5.41) is 0. The molecule has 138 valence electrons. The van der Waals surface area contributed by atoms with E-state index in [-0.39, 0.29) is 18.6 Å². The second-order valence-electron chi connectivity index (χ2n) is 7.09. The largest absolute Gasteiger partial charge is 0.444 e. The molecule has 1 atom stereocenters. The molecule has 25 heavy (non-hydrogen) atoms. The van der Waals surface area contributed by atoms with E-state index in [2.05, 4.69) is 15.9 Å². The number of ether oxygens (including phenoxy) is 2. The summed E-state index contributed by atoms with van der Waals surface area (Å²) in [7, 11) is 1.57. The zero-order valence-electron chi connectivity index (χ0n) is 15.1. The maximum atomic E-state index is 12.5. The molecule has 2 amide bonds. The number of likely N-dealkylation sites (N-methyl/N-ethyl adjacent to an activating group) is 1. The second kappa shape index (κ2) is 8.19. The van der Waals surface area contributed by atoms with E-state index in [9.17, 15) is 9.59 Å². The van der Waals surface area contributed by atoms with E-state index >= 15 is 0 Å². The molecule has 1 aromatic carbocycles. The van der Waals surface area contributed by atoms with E-state index in [1.165, 1.54) is 4.90 Å². The highest BCUT2D eigenvalue weighted by atomic mass is 79.9. The normalized spacial score (nSPS) is 18.0. The van der Waals surface area contributed by atoms with Gasteiger partial charge in [-0.05, 0) is 38.5 Å². The van der Waals surface area contributed by atoms with E-state index in [1.54, 1.807) is 32.7 Å².